The van der Waals surface area contributed by atoms with Gasteiger partial charge in [0.2, 0.25) is 0 Å². The van der Waals surface area contributed by atoms with Gasteiger partial charge in [0.15, 0.2) is 0 Å². The van der Waals surface area contributed by atoms with Gasteiger partial charge in [0.25, 0.3) is 11.8 Å². The highest BCUT2D eigenvalue weighted by Crippen LogP contribution is 2.24. The molecule has 1 aromatic carbocycles. The largest absolute Gasteiger partial charge is 0.333 e. The number of fused-ring (bicyclic) bond motifs is 1. The highest BCUT2D eigenvalue weighted by molar-refractivity contribution is 6.21. The van der Waals surface area contributed by atoms with Crippen LogP contribution in [0.3, 0.4) is 0 Å². The average molecular weight is 277 g/mol. The van der Waals surface area contributed by atoms with Gasteiger partial charge < -0.3 is 0 Å². The van der Waals surface area contributed by atoms with E-state index < -0.39 is 18.4 Å². The fraction of sp³-hybridized carbons (Fsp3) is 0.154. The summed E-state index contributed by atoms with van der Waals surface area (Å²) in [5, 5.41) is 3.63. The summed E-state index contributed by atoms with van der Waals surface area (Å²) in [7, 11) is 0. The molecule has 0 saturated carbocycles. The van der Waals surface area contributed by atoms with Gasteiger partial charge in [-0.2, -0.15) is 13.9 Å². The van der Waals surface area contributed by atoms with Crippen LogP contribution in [0.15, 0.2) is 36.5 Å². The van der Waals surface area contributed by atoms with Gasteiger partial charge in [0.1, 0.15) is 0 Å². The van der Waals surface area contributed by atoms with Crippen molar-refractivity contribution in [1.29, 1.82) is 0 Å². The molecule has 0 unspecified atom stereocenters. The maximum Gasteiger partial charge on any atom is 0.333 e. The summed E-state index contributed by atoms with van der Waals surface area (Å²) >= 11 is 0. The predicted octanol–water partition coefficient (Wildman–Crippen LogP) is 2.07. The van der Waals surface area contributed by atoms with Gasteiger partial charge in [0, 0.05) is 6.20 Å². The van der Waals surface area contributed by atoms with Crippen LogP contribution in [0.25, 0.3) is 0 Å². The first kappa shape index (κ1) is 12.5. The molecule has 20 heavy (non-hydrogen) atoms. The Bertz CT molecular complexity index is 661. The second-order valence-corrected chi connectivity index (χ2v) is 4.31. The van der Waals surface area contributed by atoms with Crippen LogP contribution in [0.2, 0.25) is 0 Å². The Kier molecular flexibility index (Phi) is 2.81. The Morgan fingerprint density at radius 2 is 1.65 bits per heavy atom. The SMILES string of the molecule is O=C1c2ccccc2C(=O)N1Cc1ccn(C(F)F)n1. The number of halogens is 2. The first-order valence-corrected chi connectivity index (χ1v) is 5.85. The summed E-state index contributed by atoms with van der Waals surface area (Å²) in [6.07, 6.45) is 1.11. The van der Waals surface area contributed by atoms with Crippen molar-refractivity contribution in [2.24, 2.45) is 0 Å². The van der Waals surface area contributed by atoms with E-state index in [2.05, 4.69) is 5.10 Å². The van der Waals surface area contributed by atoms with Gasteiger partial charge in [-0.3, -0.25) is 14.5 Å². The number of imide groups is 1. The third-order valence-electron chi connectivity index (χ3n) is 3.06. The van der Waals surface area contributed by atoms with E-state index in [0.717, 1.165) is 11.1 Å². The minimum absolute atomic E-state index is 0.119. The molecule has 1 aliphatic heterocycles. The maximum absolute atomic E-state index is 12.4. The molecule has 1 aromatic heterocycles. The molecular formula is C13H9F2N3O2. The van der Waals surface area contributed by atoms with E-state index in [1.165, 1.54) is 6.07 Å². The molecule has 3 rings (SSSR count). The molecule has 0 N–H and O–H groups in total. The third kappa shape index (κ3) is 1.87. The monoisotopic (exact) mass is 277 g/mol. The minimum atomic E-state index is -2.74. The number of hydrogen-bond donors (Lipinski definition) is 0. The Hall–Kier alpha value is -2.57. The van der Waals surface area contributed by atoms with Gasteiger partial charge >= 0.3 is 6.55 Å². The Labute approximate surface area is 112 Å². The molecule has 5 nitrogen and oxygen atoms in total. The van der Waals surface area contributed by atoms with Crippen molar-refractivity contribution < 1.29 is 18.4 Å². The number of benzene rings is 1. The number of alkyl halides is 2. The molecule has 2 heterocycles. The topological polar surface area (TPSA) is 55.2 Å². The molecule has 0 saturated heterocycles. The number of carbonyl (C=O) groups is 2. The molecule has 7 heteroatoms. The lowest BCUT2D eigenvalue weighted by Gasteiger charge is -2.11. The lowest BCUT2D eigenvalue weighted by Crippen LogP contribution is -2.29. The van der Waals surface area contributed by atoms with Crippen molar-refractivity contribution in [3.63, 3.8) is 0 Å². The van der Waals surface area contributed by atoms with Gasteiger partial charge in [-0.25, -0.2) is 4.68 Å². The summed E-state index contributed by atoms with van der Waals surface area (Å²) in [5.41, 5.74) is 0.886. The summed E-state index contributed by atoms with van der Waals surface area (Å²) in [6, 6.07) is 7.81. The van der Waals surface area contributed by atoms with Crippen molar-refractivity contribution in [2.45, 2.75) is 13.1 Å². The zero-order chi connectivity index (χ0) is 14.3. The summed E-state index contributed by atoms with van der Waals surface area (Å²) in [5.74, 6) is -0.866. The van der Waals surface area contributed by atoms with Gasteiger partial charge in [-0.15, -0.1) is 0 Å². The van der Waals surface area contributed by atoms with Crippen molar-refractivity contribution in [1.82, 2.24) is 14.7 Å². The molecule has 2 aromatic rings. The van der Waals surface area contributed by atoms with E-state index >= 15 is 0 Å². The predicted molar refractivity (Wildman–Crippen MR) is 64.1 cm³/mol. The molecule has 2 amide bonds. The zero-order valence-electron chi connectivity index (χ0n) is 10.2. The smallest absolute Gasteiger partial charge is 0.269 e. The third-order valence-corrected chi connectivity index (χ3v) is 3.06. The number of carbonyl (C=O) groups excluding carboxylic acids is 2. The second-order valence-electron chi connectivity index (χ2n) is 4.31. The lowest BCUT2D eigenvalue weighted by molar-refractivity contribution is 0.0553. The average Bonchev–Trinajstić information content (AvgIpc) is 3.00. The maximum atomic E-state index is 12.4. The number of hydrogen-bond acceptors (Lipinski definition) is 3. The van der Waals surface area contributed by atoms with Crippen molar-refractivity contribution in [3.8, 4) is 0 Å². The molecule has 0 fully saturated rings. The van der Waals surface area contributed by atoms with Gasteiger partial charge in [0.05, 0.1) is 23.4 Å². The van der Waals surface area contributed by atoms with Crippen LogP contribution in [0.1, 0.15) is 33.0 Å². The van der Waals surface area contributed by atoms with Crippen LogP contribution in [0, 0.1) is 0 Å². The van der Waals surface area contributed by atoms with Crippen LogP contribution in [-0.4, -0.2) is 26.5 Å². The van der Waals surface area contributed by atoms with E-state index in [1.54, 1.807) is 24.3 Å². The van der Waals surface area contributed by atoms with Crippen LogP contribution in [0.4, 0.5) is 8.78 Å². The zero-order valence-corrected chi connectivity index (χ0v) is 10.2. The summed E-state index contributed by atoms with van der Waals surface area (Å²) < 4.78 is 25.3. The van der Waals surface area contributed by atoms with Crippen LogP contribution in [0.5, 0.6) is 0 Å². The number of amides is 2. The highest BCUT2D eigenvalue weighted by atomic mass is 19.3. The first-order chi connectivity index (χ1) is 9.58. The molecule has 0 spiro atoms. The highest BCUT2D eigenvalue weighted by Gasteiger charge is 2.35. The van der Waals surface area contributed by atoms with E-state index in [1.807, 2.05) is 0 Å². The van der Waals surface area contributed by atoms with E-state index in [-0.39, 0.29) is 12.2 Å². The van der Waals surface area contributed by atoms with Crippen LogP contribution >= 0.6 is 0 Å². The van der Waals surface area contributed by atoms with Crippen molar-refractivity contribution >= 4 is 11.8 Å². The van der Waals surface area contributed by atoms with Gasteiger partial charge in [-0.1, -0.05) is 12.1 Å². The molecule has 0 aliphatic carbocycles. The van der Waals surface area contributed by atoms with E-state index in [9.17, 15) is 18.4 Å². The number of nitrogens with zero attached hydrogens (tertiary/aromatic N) is 3. The second kappa shape index (κ2) is 4.52. The molecule has 102 valence electrons. The lowest BCUT2D eigenvalue weighted by atomic mass is 10.1. The molecular weight excluding hydrogens is 268 g/mol. The fourth-order valence-corrected chi connectivity index (χ4v) is 2.12. The Morgan fingerprint density at radius 1 is 1.05 bits per heavy atom. The minimum Gasteiger partial charge on any atom is -0.269 e. The molecule has 0 radical (unpaired) electrons. The summed E-state index contributed by atoms with van der Waals surface area (Å²) in [6.45, 7) is -2.86. The molecule has 1 aliphatic rings. The normalized spacial score (nSPS) is 14.2. The number of rotatable bonds is 3. The van der Waals surface area contributed by atoms with Gasteiger partial charge in [-0.05, 0) is 18.2 Å². The molecule has 0 bridgehead atoms. The Balaban J connectivity index is 1.86. The quantitative estimate of drug-likeness (QED) is 0.807. The standard InChI is InChI=1S/C13H9F2N3O2/c14-13(15)18-6-5-8(16-18)7-17-11(19)9-3-1-2-4-10(9)12(17)20/h1-6,13H,7H2. The van der Waals surface area contributed by atoms with Crippen LogP contribution in [-0.2, 0) is 6.54 Å². The van der Waals surface area contributed by atoms with Crippen LogP contribution < -0.4 is 0 Å². The summed E-state index contributed by atoms with van der Waals surface area (Å²) in [4.78, 5) is 25.2. The molecule has 0 atom stereocenters. The number of aromatic nitrogens is 2. The van der Waals surface area contributed by atoms with Crippen molar-refractivity contribution in [2.75, 3.05) is 0 Å². The fourth-order valence-electron chi connectivity index (χ4n) is 2.12. The Morgan fingerprint density at radius 3 is 2.15 bits per heavy atom. The first-order valence-electron chi connectivity index (χ1n) is 5.85. The van der Waals surface area contributed by atoms with E-state index in [0.29, 0.717) is 15.8 Å². The van der Waals surface area contributed by atoms with E-state index in [4.69, 9.17) is 0 Å². The van der Waals surface area contributed by atoms with Crippen molar-refractivity contribution in [3.05, 3.63) is 53.3 Å².